The first-order chi connectivity index (χ1) is 20.7. The second kappa shape index (κ2) is 14.5. The van der Waals surface area contributed by atoms with E-state index in [1.807, 2.05) is 65.0 Å². The number of methoxy groups -OCH3 is 1. The number of fused-ring (bicyclic) bond motifs is 1. The van der Waals surface area contributed by atoms with Crippen LogP contribution in [0.1, 0.15) is 63.3 Å². The lowest BCUT2D eigenvalue weighted by molar-refractivity contribution is -0.133. The molecule has 0 radical (unpaired) electrons. The fraction of sp³-hybridized carbons (Fsp3) is 0.438. The number of hydrogen-bond acceptors (Lipinski definition) is 8. The third kappa shape index (κ3) is 7.15. The van der Waals surface area contributed by atoms with E-state index in [1.54, 1.807) is 34.5 Å². The molecular weight excluding hydrogens is 564 g/mol. The number of unbranched alkanes of at least 4 members (excludes halogenated alkanes) is 1. The third-order valence-corrected chi connectivity index (χ3v) is 8.55. The van der Waals surface area contributed by atoms with Crippen LogP contribution < -0.4 is 20.1 Å². The number of benzene rings is 2. The summed E-state index contributed by atoms with van der Waals surface area (Å²) in [7, 11) is 1.55. The largest absolute Gasteiger partial charge is 0.493 e. The van der Waals surface area contributed by atoms with E-state index in [1.165, 1.54) is 0 Å². The number of likely N-dealkylation sites (N-methyl/N-ethyl adjacent to an activating group) is 1. The van der Waals surface area contributed by atoms with Gasteiger partial charge in [-0.3, -0.25) is 9.59 Å². The van der Waals surface area contributed by atoms with Crippen molar-refractivity contribution in [2.24, 2.45) is 0 Å². The van der Waals surface area contributed by atoms with Gasteiger partial charge in [-0.2, -0.15) is 4.98 Å². The van der Waals surface area contributed by atoms with Crippen molar-refractivity contribution in [1.29, 1.82) is 0 Å². The molecule has 0 fully saturated rings. The van der Waals surface area contributed by atoms with Crippen molar-refractivity contribution >= 4 is 35.2 Å². The van der Waals surface area contributed by atoms with Gasteiger partial charge < -0.3 is 25.0 Å². The Bertz CT molecular complexity index is 1500. The van der Waals surface area contributed by atoms with Gasteiger partial charge in [0.2, 0.25) is 11.1 Å². The Balaban J connectivity index is 1.72. The van der Waals surface area contributed by atoms with E-state index in [-0.39, 0.29) is 18.4 Å². The number of aromatic nitrogens is 3. The lowest BCUT2D eigenvalue weighted by Crippen LogP contribution is -2.34. The lowest BCUT2D eigenvalue weighted by atomic mass is 9.94. The number of nitrogens with one attached hydrogen (secondary N) is 2. The number of thioether (sulfide) groups is 1. The van der Waals surface area contributed by atoms with E-state index in [0.717, 1.165) is 41.0 Å². The molecule has 10 nitrogen and oxygen atoms in total. The summed E-state index contributed by atoms with van der Waals surface area (Å²) in [5.41, 5.74) is 4.81. The Kier molecular flexibility index (Phi) is 10.7. The zero-order valence-corrected chi connectivity index (χ0v) is 26.9. The Labute approximate surface area is 258 Å². The average Bonchev–Trinajstić information content (AvgIpc) is 3.40. The fourth-order valence-electron chi connectivity index (χ4n) is 4.96. The highest BCUT2D eigenvalue weighted by Gasteiger charge is 2.35. The van der Waals surface area contributed by atoms with Crippen molar-refractivity contribution in [3.05, 3.63) is 64.4 Å². The molecule has 2 heterocycles. The molecule has 230 valence electrons. The summed E-state index contributed by atoms with van der Waals surface area (Å²) in [6, 6.07) is 10.7. The number of aryl methyl sites for hydroxylation is 1. The van der Waals surface area contributed by atoms with Crippen LogP contribution in [-0.2, 0) is 9.59 Å². The van der Waals surface area contributed by atoms with Crippen LogP contribution in [0.4, 0.5) is 11.6 Å². The van der Waals surface area contributed by atoms with E-state index in [0.29, 0.717) is 47.0 Å². The Morgan fingerprint density at radius 2 is 1.86 bits per heavy atom. The zero-order chi connectivity index (χ0) is 31.1. The van der Waals surface area contributed by atoms with Crippen molar-refractivity contribution in [2.75, 3.05) is 43.2 Å². The minimum atomic E-state index is -0.588. The normalized spacial score (nSPS) is 14.2. The molecular formula is C32H42N6O4S. The van der Waals surface area contributed by atoms with Crippen LogP contribution in [0.25, 0.3) is 0 Å². The molecule has 1 unspecified atom stereocenters. The average molecular weight is 607 g/mol. The van der Waals surface area contributed by atoms with E-state index in [9.17, 15) is 9.59 Å². The Morgan fingerprint density at radius 3 is 2.56 bits per heavy atom. The standard InChI is InChI=1S/C32H42N6O4S/c1-8-11-17-43-32-35-31-33-22(6)28(30(40)34-24-14-12-13-20(4)21(24)5)29(38(31)36-32)23-15-16-25(26(18-23)41-7)42-19-27(39)37(9-2)10-3/h12-16,18,29H,8-11,17,19H2,1-7H3,(H,34,40)(H,33,35,36). The minimum Gasteiger partial charge on any atom is -0.493 e. The number of ether oxygens (including phenoxy) is 2. The molecule has 1 aliphatic rings. The van der Waals surface area contributed by atoms with Crippen LogP contribution in [0.15, 0.2) is 52.8 Å². The van der Waals surface area contributed by atoms with Gasteiger partial charge in [0, 0.05) is 30.2 Å². The summed E-state index contributed by atoms with van der Waals surface area (Å²) in [4.78, 5) is 33.0. The van der Waals surface area contributed by atoms with Gasteiger partial charge in [0.25, 0.3) is 11.8 Å². The number of nitrogens with zero attached hydrogens (tertiary/aromatic N) is 4. The Morgan fingerprint density at radius 1 is 1.09 bits per heavy atom. The molecule has 0 saturated carbocycles. The predicted molar refractivity (Wildman–Crippen MR) is 171 cm³/mol. The van der Waals surface area contributed by atoms with Crippen molar-refractivity contribution in [1.82, 2.24) is 19.7 Å². The highest BCUT2D eigenvalue weighted by atomic mass is 32.2. The topological polar surface area (TPSA) is 111 Å². The third-order valence-electron chi connectivity index (χ3n) is 7.63. The fourth-order valence-corrected chi connectivity index (χ4v) is 5.87. The Hall–Kier alpha value is -3.99. The molecule has 0 bridgehead atoms. The van der Waals surface area contributed by atoms with Crippen LogP contribution in [0.5, 0.6) is 11.5 Å². The highest BCUT2D eigenvalue weighted by molar-refractivity contribution is 7.99. The number of anilines is 2. The zero-order valence-electron chi connectivity index (χ0n) is 26.1. The molecule has 11 heteroatoms. The van der Waals surface area contributed by atoms with Gasteiger partial charge in [-0.25, -0.2) is 4.68 Å². The molecule has 2 N–H and O–H groups in total. The maximum atomic E-state index is 14.0. The summed E-state index contributed by atoms with van der Waals surface area (Å²) in [6.45, 7) is 13.0. The molecule has 2 amide bonds. The van der Waals surface area contributed by atoms with Gasteiger partial charge in [0.05, 0.1) is 12.7 Å². The molecule has 1 aliphatic heterocycles. The SMILES string of the molecule is CCCCSc1nc2n(n1)C(c1ccc(OCC(=O)N(CC)CC)c(OC)c1)C(C(=O)Nc1cccc(C)c1C)=C(C)N2. The molecule has 0 aliphatic carbocycles. The smallest absolute Gasteiger partial charge is 0.260 e. The first kappa shape index (κ1) is 31.9. The number of allylic oxidation sites excluding steroid dienone is 1. The quantitative estimate of drug-likeness (QED) is 0.181. The highest BCUT2D eigenvalue weighted by Crippen LogP contribution is 2.40. The van der Waals surface area contributed by atoms with Gasteiger partial charge in [0.1, 0.15) is 6.04 Å². The van der Waals surface area contributed by atoms with Crippen LogP contribution in [-0.4, -0.2) is 64.0 Å². The summed E-state index contributed by atoms with van der Waals surface area (Å²) in [5.74, 6) is 2.03. The molecule has 1 atom stereocenters. The van der Waals surface area contributed by atoms with Crippen LogP contribution in [0, 0.1) is 13.8 Å². The van der Waals surface area contributed by atoms with Gasteiger partial charge >= 0.3 is 0 Å². The summed E-state index contributed by atoms with van der Waals surface area (Å²) in [6.07, 6.45) is 2.14. The maximum Gasteiger partial charge on any atom is 0.260 e. The van der Waals surface area contributed by atoms with E-state index < -0.39 is 6.04 Å². The molecule has 0 spiro atoms. The first-order valence-corrected chi connectivity index (χ1v) is 15.7. The molecule has 3 aromatic rings. The van der Waals surface area contributed by atoms with Gasteiger partial charge in [0.15, 0.2) is 18.1 Å². The van der Waals surface area contributed by atoms with Crippen LogP contribution in [0.3, 0.4) is 0 Å². The maximum absolute atomic E-state index is 14.0. The van der Waals surface area contributed by atoms with Gasteiger partial charge in [-0.1, -0.05) is 43.3 Å². The van der Waals surface area contributed by atoms with E-state index in [2.05, 4.69) is 17.6 Å². The number of rotatable bonds is 13. The van der Waals surface area contributed by atoms with Crippen molar-refractivity contribution in [3.63, 3.8) is 0 Å². The van der Waals surface area contributed by atoms with Gasteiger partial charge in [-0.05, 0) is 75.9 Å². The summed E-state index contributed by atoms with van der Waals surface area (Å²) < 4.78 is 13.3. The number of carbonyl (C=O) groups excluding carboxylic acids is 2. The lowest BCUT2D eigenvalue weighted by Gasteiger charge is -2.29. The van der Waals surface area contributed by atoms with Gasteiger partial charge in [-0.15, -0.1) is 5.10 Å². The molecule has 0 saturated heterocycles. The molecule has 2 aromatic carbocycles. The molecule has 1 aromatic heterocycles. The molecule has 43 heavy (non-hydrogen) atoms. The van der Waals surface area contributed by atoms with Crippen molar-refractivity contribution in [2.45, 2.75) is 65.6 Å². The number of carbonyl (C=O) groups is 2. The molecule has 4 rings (SSSR count). The van der Waals surface area contributed by atoms with E-state index >= 15 is 0 Å². The summed E-state index contributed by atoms with van der Waals surface area (Å²) >= 11 is 1.60. The van der Waals surface area contributed by atoms with Crippen molar-refractivity contribution < 1.29 is 19.1 Å². The van der Waals surface area contributed by atoms with Crippen LogP contribution in [0.2, 0.25) is 0 Å². The first-order valence-electron chi connectivity index (χ1n) is 14.7. The van der Waals surface area contributed by atoms with Crippen LogP contribution >= 0.6 is 11.8 Å². The minimum absolute atomic E-state index is 0.0983. The number of hydrogen-bond donors (Lipinski definition) is 2. The van der Waals surface area contributed by atoms with Crippen molar-refractivity contribution in [3.8, 4) is 11.5 Å². The number of amides is 2. The summed E-state index contributed by atoms with van der Waals surface area (Å²) in [5, 5.41) is 11.9. The predicted octanol–water partition coefficient (Wildman–Crippen LogP) is 5.97. The second-order valence-corrected chi connectivity index (χ2v) is 11.5. The monoisotopic (exact) mass is 606 g/mol. The van der Waals surface area contributed by atoms with E-state index in [4.69, 9.17) is 19.6 Å². The second-order valence-electron chi connectivity index (χ2n) is 10.4.